The molecule has 0 aliphatic rings. The number of halogens is 1. The van der Waals surface area contributed by atoms with Crippen LogP contribution >= 0.6 is 12.4 Å². The summed E-state index contributed by atoms with van der Waals surface area (Å²) in [6.07, 6.45) is 0.715. The van der Waals surface area contributed by atoms with Crippen LogP contribution in [0, 0.1) is 0 Å². The van der Waals surface area contributed by atoms with Gasteiger partial charge in [0, 0.05) is 5.69 Å². The van der Waals surface area contributed by atoms with Gasteiger partial charge in [-0.2, -0.15) is 8.42 Å². The predicted octanol–water partition coefficient (Wildman–Crippen LogP) is 1.19. The maximum atomic E-state index is 9.19. The quantitative estimate of drug-likeness (QED) is 0.514. The highest BCUT2D eigenvalue weighted by Gasteiger charge is 1.81. The lowest BCUT2D eigenvalue weighted by atomic mass is 10.3. The summed E-state index contributed by atoms with van der Waals surface area (Å²) >= 11 is 0. The molecule has 0 amide bonds. The molecular formula is C7H12ClNO3S. The van der Waals surface area contributed by atoms with E-state index in [9.17, 15) is 8.42 Å². The maximum absolute atomic E-state index is 9.19. The van der Waals surface area contributed by atoms with Crippen molar-refractivity contribution in [3.8, 4) is 0 Å². The third kappa shape index (κ3) is 18.3. The van der Waals surface area contributed by atoms with Crippen LogP contribution < -0.4 is 5.73 Å². The van der Waals surface area contributed by atoms with E-state index >= 15 is 0 Å². The fourth-order valence-corrected chi connectivity index (χ4v) is 0.453. The van der Waals surface area contributed by atoms with Gasteiger partial charge in [0.05, 0.1) is 6.26 Å². The Morgan fingerprint density at radius 2 is 1.54 bits per heavy atom. The molecule has 6 heteroatoms. The monoisotopic (exact) mass is 225 g/mol. The highest BCUT2D eigenvalue weighted by Crippen LogP contribution is 1.95. The van der Waals surface area contributed by atoms with Crippen molar-refractivity contribution in [3.63, 3.8) is 0 Å². The van der Waals surface area contributed by atoms with Crippen LogP contribution in [0.2, 0.25) is 0 Å². The molecule has 76 valence electrons. The molecule has 0 atom stereocenters. The molecule has 4 nitrogen and oxygen atoms in total. The van der Waals surface area contributed by atoms with Crippen LogP contribution in [0.3, 0.4) is 0 Å². The first-order chi connectivity index (χ1) is 5.39. The smallest absolute Gasteiger partial charge is 0.261 e. The van der Waals surface area contributed by atoms with Crippen LogP contribution in [-0.4, -0.2) is 19.2 Å². The molecule has 3 N–H and O–H groups in total. The van der Waals surface area contributed by atoms with E-state index in [4.69, 9.17) is 10.3 Å². The molecule has 0 saturated carbocycles. The van der Waals surface area contributed by atoms with E-state index < -0.39 is 10.1 Å². The summed E-state index contributed by atoms with van der Waals surface area (Å²) in [6.45, 7) is 0. The normalized spacial score (nSPS) is 9.08. The van der Waals surface area contributed by atoms with Gasteiger partial charge in [-0.05, 0) is 12.1 Å². The Hall–Kier alpha value is -0.780. The predicted molar refractivity (Wildman–Crippen MR) is 55.6 cm³/mol. The molecule has 1 aromatic rings. The van der Waals surface area contributed by atoms with Crippen LogP contribution in [0.15, 0.2) is 30.3 Å². The van der Waals surface area contributed by atoms with Crippen molar-refractivity contribution in [2.75, 3.05) is 12.0 Å². The fourth-order valence-electron chi connectivity index (χ4n) is 0.453. The van der Waals surface area contributed by atoms with Crippen molar-refractivity contribution < 1.29 is 13.0 Å². The van der Waals surface area contributed by atoms with Gasteiger partial charge in [0.2, 0.25) is 0 Å². The largest absolute Gasteiger partial charge is 0.399 e. The SMILES string of the molecule is CS(=O)(=O)O.Cl.Nc1ccccc1. The Kier molecular flexibility index (Phi) is 7.60. The van der Waals surface area contributed by atoms with Gasteiger partial charge in [0.15, 0.2) is 0 Å². The van der Waals surface area contributed by atoms with E-state index in [2.05, 4.69) is 0 Å². The molecule has 0 spiro atoms. The third-order valence-corrected chi connectivity index (χ3v) is 0.800. The molecule has 0 radical (unpaired) electrons. The molecule has 13 heavy (non-hydrogen) atoms. The van der Waals surface area contributed by atoms with Gasteiger partial charge in [-0.25, -0.2) is 0 Å². The molecule has 1 aromatic carbocycles. The molecule has 0 aliphatic heterocycles. The van der Waals surface area contributed by atoms with E-state index in [-0.39, 0.29) is 12.4 Å². The van der Waals surface area contributed by atoms with Crippen molar-refractivity contribution in [2.45, 2.75) is 0 Å². The van der Waals surface area contributed by atoms with Crippen molar-refractivity contribution in [1.82, 2.24) is 0 Å². The number of rotatable bonds is 0. The average Bonchev–Trinajstić information content (AvgIpc) is 1.85. The minimum absolute atomic E-state index is 0. The standard InChI is InChI=1S/C6H7N.CH4O3S.ClH/c7-6-4-2-1-3-5-6;1-5(2,3)4;/h1-5H,7H2;1H3,(H,2,3,4);1H. The van der Waals surface area contributed by atoms with Gasteiger partial charge in [-0.3, -0.25) is 4.55 Å². The highest BCUT2D eigenvalue weighted by molar-refractivity contribution is 7.85. The third-order valence-electron chi connectivity index (χ3n) is 0.800. The van der Waals surface area contributed by atoms with Crippen molar-refractivity contribution in [1.29, 1.82) is 0 Å². The van der Waals surface area contributed by atoms with Crippen molar-refractivity contribution in [2.24, 2.45) is 0 Å². The zero-order valence-corrected chi connectivity index (χ0v) is 8.68. The molecule has 0 unspecified atom stereocenters. The zero-order chi connectivity index (χ0) is 9.61. The Balaban J connectivity index is 0. The van der Waals surface area contributed by atoms with E-state index in [1.165, 1.54) is 0 Å². The van der Waals surface area contributed by atoms with Gasteiger partial charge in [-0.1, -0.05) is 18.2 Å². The number of anilines is 1. The number of nitrogens with two attached hydrogens (primary N) is 1. The van der Waals surface area contributed by atoms with Crippen LogP contribution in [-0.2, 0) is 10.1 Å². The summed E-state index contributed by atoms with van der Waals surface area (Å²) in [5.41, 5.74) is 6.18. The van der Waals surface area contributed by atoms with Gasteiger partial charge < -0.3 is 5.73 Å². The lowest BCUT2D eigenvalue weighted by Crippen LogP contribution is -1.88. The number of hydrogen-bond donors (Lipinski definition) is 2. The summed E-state index contributed by atoms with van der Waals surface area (Å²) in [7, 11) is -3.67. The number of hydrogen-bond acceptors (Lipinski definition) is 3. The summed E-state index contributed by atoms with van der Waals surface area (Å²) in [5.74, 6) is 0. The average molecular weight is 226 g/mol. The summed E-state index contributed by atoms with van der Waals surface area (Å²) < 4.78 is 25.9. The topological polar surface area (TPSA) is 80.4 Å². The lowest BCUT2D eigenvalue weighted by Gasteiger charge is -1.83. The summed E-state index contributed by atoms with van der Waals surface area (Å²) in [5, 5.41) is 0. The molecule has 1 rings (SSSR count). The second-order valence-electron chi connectivity index (χ2n) is 2.14. The minimum atomic E-state index is -3.67. The zero-order valence-electron chi connectivity index (χ0n) is 7.04. The van der Waals surface area contributed by atoms with Crippen molar-refractivity contribution in [3.05, 3.63) is 30.3 Å². The fraction of sp³-hybridized carbons (Fsp3) is 0.143. The Morgan fingerprint density at radius 3 is 1.69 bits per heavy atom. The summed E-state index contributed by atoms with van der Waals surface area (Å²) in [6, 6.07) is 9.49. The van der Waals surface area contributed by atoms with Crippen LogP contribution in [0.4, 0.5) is 5.69 Å². The van der Waals surface area contributed by atoms with Gasteiger partial charge in [0.1, 0.15) is 0 Å². The van der Waals surface area contributed by atoms with E-state index in [1.807, 2.05) is 30.3 Å². The highest BCUT2D eigenvalue weighted by atomic mass is 35.5. The Morgan fingerprint density at radius 1 is 1.23 bits per heavy atom. The minimum Gasteiger partial charge on any atom is -0.399 e. The number of nitrogen functional groups attached to an aromatic ring is 1. The molecule has 0 saturated heterocycles. The van der Waals surface area contributed by atoms with Crippen LogP contribution in [0.25, 0.3) is 0 Å². The van der Waals surface area contributed by atoms with Crippen LogP contribution in [0.5, 0.6) is 0 Å². The maximum Gasteiger partial charge on any atom is 0.261 e. The molecule has 0 fully saturated rings. The van der Waals surface area contributed by atoms with E-state index in [1.54, 1.807) is 0 Å². The summed E-state index contributed by atoms with van der Waals surface area (Å²) in [4.78, 5) is 0. The second-order valence-corrected chi connectivity index (χ2v) is 3.61. The molecule has 0 aromatic heterocycles. The lowest BCUT2D eigenvalue weighted by molar-refractivity contribution is 0.490. The molecular weight excluding hydrogens is 214 g/mol. The first-order valence-electron chi connectivity index (χ1n) is 3.12. The van der Waals surface area contributed by atoms with Crippen molar-refractivity contribution >= 4 is 28.2 Å². The van der Waals surface area contributed by atoms with E-state index in [0.29, 0.717) is 6.26 Å². The van der Waals surface area contributed by atoms with Gasteiger partial charge in [-0.15, -0.1) is 12.4 Å². The first kappa shape index (κ1) is 14.7. The number of benzene rings is 1. The van der Waals surface area contributed by atoms with Crippen LogP contribution in [0.1, 0.15) is 0 Å². The Labute approximate surface area is 83.9 Å². The molecule has 0 aliphatic carbocycles. The van der Waals surface area contributed by atoms with E-state index in [0.717, 1.165) is 5.69 Å². The Bertz CT molecular complexity index is 304. The number of para-hydroxylation sites is 1. The van der Waals surface area contributed by atoms with Gasteiger partial charge >= 0.3 is 0 Å². The van der Waals surface area contributed by atoms with Gasteiger partial charge in [0.25, 0.3) is 10.1 Å². The molecule has 0 heterocycles. The first-order valence-corrected chi connectivity index (χ1v) is 4.97. The second kappa shape index (κ2) is 6.71. The molecule has 0 bridgehead atoms.